The van der Waals surface area contributed by atoms with Crippen LogP contribution in [-0.2, 0) is 6.54 Å². The second-order valence-corrected chi connectivity index (χ2v) is 6.13. The van der Waals surface area contributed by atoms with E-state index in [0.29, 0.717) is 29.0 Å². The van der Waals surface area contributed by atoms with Gasteiger partial charge < -0.3 is 15.6 Å². The molecule has 132 valence electrons. The highest BCUT2D eigenvalue weighted by molar-refractivity contribution is 5.88. The Hall–Kier alpha value is -2.78. The maximum Gasteiger partial charge on any atom is 0.408 e. The average Bonchev–Trinajstić information content (AvgIpc) is 3.07. The number of anilines is 3. The van der Waals surface area contributed by atoms with E-state index in [9.17, 15) is 13.2 Å². The van der Waals surface area contributed by atoms with Crippen LogP contribution in [0.2, 0.25) is 0 Å². The smallest absolute Gasteiger partial charge is 0.369 e. The molecule has 0 aliphatic heterocycles. The SMILES string of the molecule is FC(F)(F)Cn1cc(Nc2nc(NCC3CC3)c3cc[nH]c3n2)cn1. The van der Waals surface area contributed by atoms with Crippen molar-refractivity contribution in [2.75, 3.05) is 17.2 Å². The first-order chi connectivity index (χ1) is 12.0. The molecule has 0 radical (unpaired) electrons. The summed E-state index contributed by atoms with van der Waals surface area (Å²) in [5, 5.41) is 10.8. The van der Waals surface area contributed by atoms with Crippen molar-refractivity contribution in [2.24, 2.45) is 5.92 Å². The Morgan fingerprint density at radius 3 is 2.88 bits per heavy atom. The normalized spacial score (nSPS) is 14.8. The summed E-state index contributed by atoms with van der Waals surface area (Å²) in [6.45, 7) is -0.292. The van der Waals surface area contributed by atoms with E-state index >= 15 is 0 Å². The van der Waals surface area contributed by atoms with E-state index in [-0.39, 0.29) is 0 Å². The minimum Gasteiger partial charge on any atom is -0.369 e. The predicted molar refractivity (Wildman–Crippen MR) is 86.7 cm³/mol. The molecule has 0 aromatic carbocycles. The lowest BCUT2D eigenvalue weighted by atomic mass is 10.3. The highest BCUT2D eigenvalue weighted by Gasteiger charge is 2.28. The van der Waals surface area contributed by atoms with Gasteiger partial charge in [-0.25, -0.2) is 0 Å². The van der Waals surface area contributed by atoms with Crippen LogP contribution >= 0.6 is 0 Å². The number of nitrogens with zero attached hydrogens (tertiary/aromatic N) is 4. The molecule has 4 rings (SSSR count). The largest absolute Gasteiger partial charge is 0.408 e. The van der Waals surface area contributed by atoms with Gasteiger partial charge in [0.2, 0.25) is 5.95 Å². The molecule has 1 fully saturated rings. The number of rotatable bonds is 6. The number of H-pyrrole nitrogens is 1. The minimum absolute atomic E-state index is 0.291. The van der Waals surface area contributed by atoms with Gasteiger partial charge in [0.1, 0.15) is 18.0 Å². The molecule has 0 amide bonds. The van der Waals surface area contributed by atoms with E-state index in [4.69, 9.17) is 0 Å². The fourth-order valence-corrected chi connectivity index (χ4v) is 2.52. The quantitative estimate of drug-likeness (QED) is 0.635. The molecule has 10 heteroatoms. The number of hydrogen-bond acceptors (Lipinski definition) is 5. The van der Waals surface area contributed by atoms with E-state index in [1.807, 2.05) is 6.07 Å². The summed E-state index contributed by atoms with van der Waals surface area (Å²) < 4.78 is 38.0. The molecule has 7 nitrogen and oxygen atoms in total. The van der Waals surface area contributed by atoms with Gasteiger partial charge in [-0.15, -0.1) is 0 Å². The fourth-order valence-electron chi connectivity index (χ4n) is 2.52. The molecule has 0 atom stereocenters. The van der Waals surface area contributed by atoms with Crippen molar-refractivity contribution in [1.82, 2.24) is 24.7 Å². The number of hydrogen-bond donors (Lipinski definition) is 3. The highest BCUT2D eigenvalue weighted by Crippen LogP contribution is 2.30. The number of aromatic amines is 1. The molecule has 3 heterocycles. The Morgan fingerprint density at radius 2 is 2.12 bits per heavy atom. The lowest BCUT2D eigenvalue weighted by Gasteiger charge is -2.09. The molecule has 1 saturated carbocycles. The molecular weight excluding hydrogens is 335 g/mol. The van der Waals surface area contributed by atoms with Crippen molar-refractivity contribution in [3.05, 3.63) is 24.7 Å². The zero-order chi connectivity index (χ0) is 17.4. The van der Waals surface area contributed by atoms with Crippen LogP contribution in [0, 0.1) is 5.92 Å². The van der Waals surface area contributed by atoms with Crippen LogP contribution in [-0.4, -0.2) is 37.5 Å². The number of aromatic nitrogens is 5. The second-order valence-electron chi connectivity index (χ2n) is 6.13. The molecule has 0 bridgehead atoms. The maximum absolute atomic E-state index is 12.4. The second kappa shape index (κ2) is 5.94. The summed E-state index contributed by atoms with van der Waals surface area (Å²) in [4.78, 5) is 11.8. The maximum atomic E-state index is 12.4. The van der Waals surface area contributed by atoms with Gasteiger partial charge in [-0.2, -0.15) is 28.2 Å². The van der Waals surface area contributed by atoms with Crippen molar-refractivity contribution in [3.63, 3.8) is 0 Å². The fraction of sp³-hybridized carbons (Fsp3) is 0.400. The number of nitrogens with one attached hydrogen (secondary N) is 3. The number of alkyl halides is 3. The van der Waals surface area contributed by atoms with Gasteiger partial charge in [0, 0.05) is 18.9 Å². The lowest BCUT2D eigenvalue weighted by molar-refractivity contribution is -0.142. The van der Waals surface area contributed by atoms with E-state index in [1.54, 1.807) is 6.20 Å². The molecule has 0 spiro atoms. The van der Waals surface area contributed by atoms with Crippen molar-refractivity contribution in [1.29, 1.82) is 0 Å². The third-order valence-corrected chi connectivity index (χ3v) is 3.90. The summed E-state index contributed by atoms with van der Waals surface area (Å²) >= 11 is 0. The van der Waals surface area contributed by atoms with Gasteiger partial charge in [0.25, 0.3) is 0 Å². The van der Waals surface area contributed by atoms with Gasteiger partial charge in [0.05, 0.1) is 17.3 Å². The van der Waals surface area contributed by atoms with Gasteiger partial charge in [-0.05, 0) is 24.8 Å². The van der Waals surface area contributed by atoms with Crippen molar-refractivity contribution >= 4 is 28.5 Å². The Morgan fingerprint density at radius 1 is 1.28 bits per heavy atom. The molecule has 1 aliphatic carbocycles. The predicted octanol–water partition coefficient (Wildman–Crippen LogP) is 3.28. The van der Waals surface area contributed by atoms with Crippen LogP contribution in [0.5, 0.6) is 0 Å². The van der Waals surface area contributed by atoms with E-state index in [0.717, 1.165) is 16.6 Å². The highest BCUT2D eigenvalue weighted by atomic mass is 19.4. The van der Waals surface area contributed by atoms with Gasteiger partial charge >= 0.3 is 6.18 Å². The molecule has 3 N–H and O–H groups in total. The Kier molecular flexibility index (Phi) is 3.74. The first kappa shape index (κ1) is 15.7. The van der Waals surface area contributed by atoms with E-state index < -0.39 is 12.7 Å². The van der Waals surface area contributed by atoms with Crippen LogP contribution < -0.4 is 10.6 Å². The third-order valence-electron chi connectivity index (χ3n) is 3.90. The summed E-state index contributed by atoms with van der Waals surface area (Å²) in [5.74, 6) is 1.67. The van der Waals surface area contributed by atoms with Crippen LogP contribution in [0.4, 0.5) is 30.6 Å². The Labute approximate surface area is 140 Å². The van der Waals surface area contributed by atoms with E-state index in [1.165, 1.54) is 25.2 Å². The lowest BCUT2D eigenvalue weighted by Crippen LogP contribution is -2.17. The van der Waals surface area contributed by atoms with Crippen molar-refractivity contribution < 1.29 is 13.2 Å². The molecule has 25 heavy (non-hydrogen) atoms. The number of fused-ring (bicyclic) bond motifs is 1. The zero-order valence-electron chi connectivity index (χ0n) is 13.1. The van der Waals surface area contributed by atoms with Gasteiger partial charge in [-0.1, -0.05) is 0 Å². The molecular formula is C15H16F3N7. The van der Waals surface area contributed by atoms with Crippen molar-refractivity contribution in [2.45, 2.75) is 25.6 Å². The van der Waals surface area contributed by atoms with E-state index in [2.05, 4.69) is 30.7 Å². The summed E-state index contributed by atoms with van der Waals surface area (Å²) in [7, 11) is 0. The third kappa shape index (κ3) is 3.83. The summed E-state index contributed by atoms with van der Waals surface area (Å²) in [6.07, 6.45) is 2.48. The zero-order valence-corrected chi connectivity index (χ0v) is 13.1. The Balaban J connectivity index is 1.54. The molecule has 0 saturated heterocycles. The van der Waals surface area contributed by atoms with Crippen LogP contribution in [0.15, 0.2) is 24.7 Å². The molecule has 3 aromatic heterocycles. The molecule has 3 aromatic rings. The molecule has 0 unspecified atom stereocenters. The van der Waals surface area contributed by atoms with Crippen molar-refractivity contribution in [3.8, 4) is 0 Å². The molecule has 1 aliphatic rings. The first-order valence-electron chi connectivity index (χ1n) is 7.91. The average molecular weight is 351 g/mol. The minimum atomic E-state index is -4.32. The summed E-state index contributed by atoms with van der Waals surface area (Å²) in [5.41, 5.74) is 1.04. The standard InChI is InChI=1S/C15H16F3N7/c16-15(17,18)8-25-7-10(6-21-25)22-14-23-12-11(3-4-19-12)13(24-14)20-5-9-1-2-9/h3-4,6-7,9H,1-2,5,8H2,(H3,19,20,22,23,24). The van der Waals surface area contributed by atoms with Gasteiger partial charge in [0.15, 0.2) is 0 Å². The monoisotopic (exact) mass is 351 g/mol. The van der Waals surface area contributed by atoms with Crippen LogP contribution in [0.25, 0.3) is 11.0 Å². The number of halogens is 3. The van der Waals surface area contributed by atoms with Gasteiger partial charge in [-0.3, -0.25) is 4.68 Å². The topological polar surface area (TPSA) is 83.5 Å². The summed E-state index contributed by atoms with van der Waals surface area (Å²) in [6, 6.07) is 1.88. The Bertz CT molecular complexity index is 879. The van der Waals surface area contributed by atoms with Crippen LogP contribution in [0.1, 0.15) is 12.8 Å². The van der Waals surface area contributed by atoms with Crippen LogP contribution in [0.3, 0.4) is 0 Å². The first-order valence-corrected chi connectivity index (χ1v) is 7.91.